The number of hydrogen-bond donors (Lipinski definition) is 1. The smallest absolute Gasteiger partial charge is 0.306 e. The van der Waals surface area contributed by atoms with Crippen LogP contribution >= 0.6 is 0 Å². The van der Waals surface area contributed by atoms with E-state index in [-0.39, 0.29) is 91.7 Å². The summed E-state index contributed by atoms with van der Waals surface area (Å²) < 4.78 is 22.5. The summed E-state index contributed by atoms with van der Waals surface area (Å²) in [6.45, 7) is 35.1. The molecule has 0 saturated carbocycles. The molecule has 0 fully saturated rings. The van der Waals surface area contributed by atoms with Crippen molar-refractivity contribution in [2.45, 2.75) is 378 Å². The summed E-state index contributed by atoms with van der Waals surface area (Å²) in [4.78, 5) is 47.3. The number of esters is 3. The Hall–Kier alpha value is -1.98. The Morgan fingerprint density at radius 1 is 0.290 bits per heavy atom. The number of rotatable bonds is 64. The Bertz CT molecular complexity index is 1930. The van der Waals surface area contributed by atoms with Gasteiger partial charge < -0.3 is 96.4 Å². The van der Waals surface area contributed by atoms with Crippen molar-refractivity contribution in [3.8, 4) is 0 Å². The Morgan fingerprint density at radius 3 is 0.850 bits per heavy atom. The molecule has 0 unspecified atom stereocenters. The van der Waals surface area contributed by atoms with E-state index in [0.717, 1.165) is 86.9 Å². The van der Waals surface area contributed by atoms with Crippen LogP contribution in [0.4, 0.5) is 0 Å². The first-order chi connectivity index (χ1) is 46.9. The van der Waals surface area contributed by atoms with Gasteiger partial charge in [0.2, 0.25) is 6.54 Å². The zero-order valence-corrected chi connectivity index (χ0v) is 73.2. The van der Waals surface area contributed by atoms with Gasteiger partial charge in [0.1, 0.15) is 26.3 Å². The number of carbonyl (C=O) groups excluding carboxylic acids is 4. The maximum absolute atomic E-state index is 12.1. The van der Waals surface area contributed by atoms with E-state index in [1.165, 1.54) is 264 Å². The van der Waals surface area contributed by atoms with Crippen molar-refractivity contribution >= 4 is 23.8 Å². The monoisotopic (exact) mass is 1670 g/mol. The predicted octanol–water partition coefficient (Wildman–Crippen LogP) is 9.46. The van der Waals surface area contributed by atoms with Crippen molar-refractivity contribution in [3.05, 3.63) is 61.2 Å². The van der Waals surface area contributed by atoms with Crippen LogP contribution < -0.4 is 82.4 Å². The lowest BCUT2D eigenvalue weighted by Crippen LogP contribution is -3.00. The van der Waals surface area contributed by atoms with Gasteiger partial charge in [-0.05, 0) is 65.7 Å². The summed E-state index contributed by atoms with van der Waals surface area (Å²) in [5.41, 5.74) is 0. The number of hydrogen-bond acceptors (Lipinski definition) is 7. The van der Waals surface area contributed by atoms with Crippen LogP contribution in [0.15, 0.2) is 61.2 Å². The molecule has 0 atom stereocenters. The van der Waals surface area contributed by atoms with Gasteiger partial charge in [0.15, 0.2) is 37.9 Å². The third-order valence-electron chi connectivity index (χ3n) is 19.4. The quantitative estimate of drug-likeness (QED) is 0.0231. The summed E-state index contributed by atoms with van der Waals surface area (Å²) in [5, 5.41) is 3.00. The largest absolute Gasteiger partial charge is 1.00 e. The number of pyridine rings is 2. The van der Waals surface area contributed by atoms with E-state index in [4.69, 9.17) is 14.2 Å². The maximum atomic E-state index is 12.1. The Kier molecular flexibility index (Phi) is 93.6. The molecule has 1 N–H and O–H groups in total. The molecule has 2 aromatic heterocycles. The van der Waals surface area contributed by atoms with E-state index >= 15 is 0 Å². The van der Waals surface area contributed by atoms with Gasteiger partial charge in [-0.25, -0.2) is 4.57 Å². The summed E-state index contributed by atoms with van der Waals surface area (Å²) in [6, 6.07) is 11.8. The third-order valence-corrected chi connectivity index (χ3v) is 19.4. The van der Waals surface area contributed by atoms with Crippen LogP contribution in [0.2, 0.25) is 0 Å². The number of amides is 1. The minimum Gasteiger partial charge on any atom is -1.00 e. The number of nitrogens with zero attached hydrogens (tertiary/aromatic N) is 4. The summed E-state index contributed by atoms with van der Waals surface area (Å²) >= 11 is 0. The molecule has 0 aromatic carbocycles. The van der Waals surface area contributed by atoms with Gasteiger partial charge in [0.05, 0.1) is 39.3 Å². The minimum absolute atomic E-state index is 0. The Labute approximate surface area is 661 Å². The van der Waals surface area contributed by atoms with Crippen LogP contribution in [0.25, 0.3) is 0 Å². The molecular weight excluding hydrogens is 1510 g/mol. The molecule has 0 aliphatic carbocycles. The summed E-state index contributed by atoms with van der Waals surface area (Å²) in [5.74, 6) is 0.0634. The average Bonchev–Trinajstić information content (AvgIpc) is 0.907. The van der Waals surface area contributed by atoms with Crippen LogP contribution in [0.5, 0.6) is 0 Å². The molecule has 0 bridgehead atoms. The zero-order chi connectivity index (χ0) is 70.8. The molecular formula is C84H161Br4N5O7. The standard InChI is InChI=1S/C26H54NO2.C20H42NO2.C19H32N2O.C19H32NO2.4BrH/c1-5-9-13-14-15-16-17-18-19-20-26(28)29-25-24-27(21-10-6-2,22-11-7-3)23-12-8-4;1-5-9-10-11-12-13-14-15-16-17-20(22)23-19-18-21(6-2,7-3)8-4;1-2-3-4-5-6-7-8-9-10-12-15-20-19(22)18-21-16-13-11-14-17-21;1-2-3-4-5-6-7-8-9-11-14-19(21)22-18-17-20-15-12-10-13-16-20;;;;/h5-25H2,1-4H3;5-19H2,1-4H3;11,13-14,16-17H,2-10,12,15,18H2,1H3;10,12-13,15-16H,2-9,11,14,17-18H2,1H3;4*1H/q2*+1;;+1;;;;/p-3. The van der Waals surface area contributed by atoms with E-state index in [1.54, 1.807) is 0 Å². The van der Waals surface area contributed by atoms with Crippen LogP contribution in [0, 0.1) is 0 Å². The van der Waals surface area contributed by atoms with Crippen molar-refractivity contribution in [2.24, 2.45) is 0 Å². The number of aromatic nitrogens is 2. The molecule has 0 aliphatic heterocycles. The van der Waals surface area contributed by atoms with E-state index < -0.39 is 0 Å². The van der Waals surface area contributed by atoms with Gasteiger partial charge in [-0.15, -0.1) is 0 Å². The first kappa shape index (κ1) is 109. The zero-order valence-electron chi connectivity index (χ0n) is 66.9. The lowest BCUT2D eigenvalue weighted by molar-refractivity contribution is -0.929. The number of carbonyl (C=O) groups is 4. The molecule has 16 heteroatoms. The van der Waals surface area contributed by atoms with Gasteiger partial charge in [-0.1, -0.05) is 292 Å². The number of quaternary nitrogens is 2. The number of halogens is 4. The molecule has 2 rings (SSSR count). The molecule has 2 aromatic rings. The second-order valence-corrected chi connectivity index (χ2v) is 27.9. The SMILES string of the molecule is CCCCCCCCCCCC(=O)OCC[N+](CC)(CC)CC.CCCCCCCCCCCC(=O)OCC[N+](CCCC)(CCCC)CCCC.CCCCCCCCCCCC(=O)OCC[n+]1ccccc1.CCCCCCCCCCCCNC(=O)C[n+]1ccccc1.[Br-].[Br-].[Br-].[Br-]. The highest BCUT2D eigenvalue weighted by atomic mass is 79.9. The first-order valence-electron chi connectivity index (χ1n) is 41.2. The fourth-order valence-corrected chi connectivity index (χ4v) is 12.4. The van der Waals surface area contributed by atoms with Gasteiger partial charge >= 0.3 is 17.9 Å². The second kappa shape index (κ2) is 85.9. The average molecular weight is 1670 g/mol. The van der Waals surface area contributed by atoms with Crippen molar-refractivity contribution in [1.82, 2.24) is 5.32 Å². The molecule has 0 spiro atoms. The molecule has 0 radical (unpaired) electrons. The molecule has 0 aliphatic rings. The van der Waals surface area contributed by atoms with Crippen LogP contribution in [-0.4, -0.2) is 112 Å². The van der Waals surface area contributed by atoms with Crippen molar-refractivity contribution < 1.29 is 119 Å². The summed E-state index contributed by atoms with van der Waals surface area (Å²) in [7, 11) is 0. The number of ether oxygens (including phenoxy) is 3. The topological polar surface area (TPSA) is 116 Å². The second-order valence-electron chi connectivity index (χ2n) is 27.9. The molecule has 2 heterocycles. The molecule has 12 nitrogen and oxygen atoms in total. The Balaban J connectivity index is -0.000000292. The molecule has 1 amide bonds. The first-order valence-corrected chi connectivity index (χ1v) is 41.2. The van der Waals surface area contributed by atoms with Crippen LogP contribution in [0.3, 0.4) is 0 Å². The highest BCUT2D eigenvalue weighted by molar-refractivity contribution is 5.74. The minimum atomic E-state index is -0.0560. The normalized spacial score (nSPS) is 10.7. The van der Waals surface area contributed by atoms with Crippen molar-refractivity contribution in [3.63, 3.8) is 0 Å². The van der Waals surface area contributed by atoms with E-state index in [0.29, 0.717) is 45.6 Å². The van der Waals surface area contributed by atoms with Gasteiger partial charge in [-0.3, -0.25) is 19.2 Å². The van der Waals surface area contributed by atoms with Gasteiger partial charge in [0.25, 0.3) is 5.91 Å². The highest BCUT2D eigenvalue weighted by Crippen LogP contribution is 2.18. The molecule has 100 heavy (non-hydrogen) atoms. The third kappa shape index (κ3) is 74.3. The lowest BCUT2D eigenvalue weighted by atomic mass is 10.1. The van der Waals surface area contributed by atoms with Crippen LogP contribution in [0.1, 0.15) is 365 Å². The predicted molar refractivity (Wildman–Crippen MR) is 408 cm³/mol. The number of nitrogens with one attached hydrogen (secondary N) is 1. The number of unbranched alkanes of at least 4 members (excludes halogenated alkanes) is 36. The van der Waals surface area contributed by atoms with Crippen molar-refractivity contribution in [2.75, 3.05) is 78.7 Å². The van der Waals surface area contributed by atoms with Crippen LogP contribution in [-0.2, 0) is 46.5 Å². The van der Waals surface area contributed by atoms with E-state index in [2.05, 4.69) is 74.6 Å². The highest BCUT2D eigenvalue weighted by Gasteiger charge is 2.26. The molecule has 592 valence electrons. The number of likely N-dealkylation sites (N-methyl/N-ethyl adjacent to an activating group) is 1. The maximum Gasteiger partial charge on any atom is 0.306 e. The fourth-order valence-electron chi connectivity index (χ4n) is 12.4. The Morgan fingerprint density at radius 2 is 0.550 bits per heavy atom. The van der Waals surface area contributed by atoms with E-state index in [1.807, 2.05) is 70.3 Å². The van der Waals surface area contributed by atoms with E-state index in [9.17, 15) is 19.2 Å². The van der Waals surface area contributed by atoms with Gasteiger partial charge in [-0.2, -0.15) is 4.57 Å². The fraction of sp³-hybridized carbons (Fsp3) is 0.833. The van der Waals surface area contributed by atoms with Gasteiger partial charge in [0, 0.05) is 50.1 Å². The lowest BCUT2D eigenvalue weighted by Gasteiger charge is -2.39. The summed E-state index contributed by atoms with van der Waals surface area (Å²) in [6.07, 6.45) is 65.0. The molecule has 0 saturated heterocycles. The van der Waals surface area contributed by atoms with Crippen molar-refractivity contribution in [1.29, 1.82) is 0 Å².